The first kappa shape index (κ1) is 17.4. The third-order valence-corrected chi connectivity index (χ3v) is 3.33. The van der Waals surface area contributed by atoms with Crippen molar-refractivity contribution in [2.75, 3.05) is 0 Å². The number of Topliss-reactive ketones (excluding diaryl/α,β-unsaturated/α-hetero) is 2. The van der Waals surface area contributed by atoms with Crippen LogP contribution < -0.4 is 4.74 Å². The lowest BCUT2D eigenvalue weighted by Gasteiger charge is -2.08. The number of nitrogens with zero attached hydrogens (tertiary/aromatic N) is 2. The van der Waals surface area contributed by atoms with Crippen molar-refractivity contribution in [1.82, 2.24) is 15.2 Å². The van der Waals surface area contributed by atoms with Gasteiger partial charge >= 0.3 is 6.18 Å². The van der Waals surface area contributed by atoms with E-state index in [1.165, 1.54) is 12.3 Å². The van der Waals surface area contributed by atoms with Crippen LogP contribution in [-0.2, 0) is 17.4 Å². The van der Waals surface area contributed by atoms with E-state index in [1.807, 2.05) is 0 Å². The molecule has 0 fully saturated rings. The lowest BCUT2D eigenvalue weighted by molar-refractivity contribution is -0.137. The van der Waals surface area contributed by atoms with Crippen molar-refractivity contribution in [2.45, 2.75) is 12.6 Å². The van der Waals surface area contributed by atoms with E-state index in [1.54, 1.807) is 0 Å². The Bertz CT molecular complexity index is 915. The van der Waals surface area contributed by atoms with Gasteiger partial charge in [0.05, 0.1) is 11.8 Å². The maximum Gasteiger partial charge on any atom is 0.416 e. The number of benzene rings is 1. The van der Waals surface area contributed by atoms with E-state index in [-0.39, 0.29) is 29.5 Å². The van der Waals surface area contributed by atoms with Gasteiger partial charge in [-0.15, -0.1) is 0 Å². The molecule has 1 N–H and O–H groups in total. The molecule has 0 saturated heterocycles. The summed E-state index contributed by atoms with van der Waals surface area (Å²) in [6.45, 7) is 0. The van der Waals surface area contributed by atoms with Crippen LogP contribution in [0.4, 0.5) is 13.2 Å². The predicted molar refractivity (Wildman–Crippen MR) is 79.7 cm³/mol. The number of hydrogen-bond donors (Lipinski definition) is 1. The van der Waals surface area contributed by atoms with Gasteiger partial charge in [-0.1, -0.05) is 0 Å². The van der Waals surface area contributed by atoms with E-state index >= 15 is 0 Å². The number of halogens is 3. The fourth-order valence-corrected chi connectivity index (χ4v) is 2.06. The SMILES string of the molecule is O=C(Cc1ccoc1Oc1ccc(C(F)(F)F)cc1)C(=O)c1ncn[nH]1. The molecule has 2 aromatic heterocycles. The number of aromatic nitrogens is 3. The highest BCUT2D eigenvalue weighted by molar-refractivity contribution is 6.43. The molecule has 0 saturated carbocycles. The van der Waals surface area contributed by atoms with Crippen LogP contribution in [0.3, 0.4) is 0 Å². The molecule has 0 aliphatic heterocycles. The molecule has 26 heavy (non-hydrogen) atoms. The predicted octanol–water partition coefficient (Wildman–Crippen LogP) is 3.20. The Morgan fingerprint density at radius 3 is 2.50 bits per heavy atom. The number of ketones is 2. The smallest absolute Gasteiger partial charge is 0.416 e. The summed E-state index contributed by atoms with van der Waals surface area (Å²) in [5.41, 5.74) is -0.555. The number of aromatic amines is 1. The summed E-state index contributed by atoms with van der Waals surface area (Å²) >= 11 is 0. The molecule has 0 amide bonds. The average Bonchev–Trinajstić information content (AvgIpc) is 3.26. The summed E-state index contributed by atoms with van der Waals surface area (Å²) < 4.78 is 48.1. The normalized spacial score (nSPS) is 11.3. The zero-order chi connectivity index (χ0) is 18.7. The van der Waals surface area contributed by atoms with Gasteiger partial charge in [-0.25, -0.2) is 4.98 Å². The molecule has 0 spiro atoms. The van der Waals surface area contributed by atoms with Crippen molar-refractivity contribution < 1.29 is 31.9 Å². The van der Waals surface area contributed by atoms with Crippen molar-refractivity contribution in [3.05, 3.63) is 59.9 Å². The van der Waals surface area contributed by atoms with Gasteiger partial charge < -0.3 is 9.15 Å². The summed E-state index contributed by atoms with van der Waals surface area (Å²) in [4.78, 5) is 27.5. The number of carbonyl (C=O) groups is 2. The minimum atomic E-state index is -4.46. The summed E-state index contributed by atoms with van der Waals surface area (Å²) in [5, 5.41) is 5.78. The molecule has 10 heteroatoms. The molecule has 0 radical (unpaired) electrons. The maximum absolute atomic E-state index is 12.6. The highest BCUT2D eigenvalue weighted by Crippen LogP contribution is 2.32. The molecule has 0 bridgehead atoms. The third kappa shape index (κ3) is 3.79. The van der Waals surface area contributed by atoms with Gasteiger partial charge in [0.1, 0.15) is 12.1 Å². The van der Waals surface area contributed by atoms with Crippen molar-refractivity contribution in [3.8, 4) is 11.7 Å². The fraction of sp³-hybridized carbons (Fsp3) is 0.125. The van der Waals surface area contributed by atoms with Crippen molar-refractivity contribution in [2.24, 2.45) is 0 Å². The van der Waals surface area contributed by atoms with Gasteiger partial charge in [-0.2, -0.15) is 18.3 Å². The van der Waals surface area contributed by atoms with E-state index < -0.39 is 23.3 Å². The van der Waals surface area contributed by atoms with E-state index in [0.717, 1.165) is 30.6 Å². The highest BCUT2D eigenvalue weighted by Gasteiger charge is 2.30. The van der Waals surface area contributed by atoms with Gasteiger partial charge in [0, 0.05) is 12.0 Å². The summed E-state index contributed by atoms with van der Waals surface area (Å²) in [5.74, 6) is -1.83. The molecular formula is C16H10F3N3O4. The molecule has 1 aromatic carbocycles. The van der Waals surface area contributed by atoms with Gasteiger partial charge in [0.15, 0.2) is 5.82 Å². The van der Waals surface area contributed by atoms with Crippen LogP contribution in [0.15, 0.2) is 47.3 Å². The van der Waals surface area contributed by atoms with Crippen molar-refractivity contribution in [3.63, 3.8) is 0 Å². The number of rotatable bonds is 6. The van der Waals surface area contributed by atoms with Crippen LogP contribution in [0, 0.1) is 0 Å². The minimum Gasteiger partial charge on any atom is -0.434 e. The number of furan rings is 1. The zero-order valence-electron chi connectivity index (χ0n) is 12.9. The first-order valence-corrected chi connectivity index (χ1v) is 7.19. The van der Waals surface area contributed by atoms with Gasteiger partial charge in [-0.05, 0) is 30.3 Å². The standard InChI is InChI=1S/C16H10F3N3O4/c17-16(18,19)10-1-3-11(4-2-10)26-15-9(5-6-25-15)7-12(23)13(24)14-20-8-21-22-14/h1-6,8H,7H2,(H,20,21,22). The molecule has 134 valence electrons. The topological polar surface area (TPSA) is 98.1 Å². The summed E-state index contributed by atoms with van der Waals surface area (Å²) in [6, 6.07) is 5.38. The summed E-state index contributed by atoms with van der Waals surface area (Å²) in [6.07, 6.45) is -2.45. The Balaban J connectivity index is 1.71. The first-order chi connectivity index (χ1) is 12.3. The lowest BCUT2D eigenvalue weighted by atomic mass is 10.1. The molecular weight excluding hydrogens is 355 g/mol. The van der Waals surface area contributed by atoms with Crippen LogP contribution in [0.2, 0.25) is 0 Å². The number of hydrogen-bond acceptors (Lipinski definition) is 6. The highest BCUT2D eigenvalue weighted by atomic mass is 19.4. The molecule has 0 aliphatic rings. The van der Waals surface area contributed by atoms with Gasteiger partial charge in [0.25, 0.3) is 11.7 Å². The second-order valence-electron chi connectivity index (χ2n) is 5.12. The van der Waals surface area contributed by atoms with E-state index in [2.05, 4.69) is 15.2 Å². The van der Waals surface area contributed by atoms with Crippen LogP contribution in [-0.4, -0.2) is 26.7 Å². The monoisotopic (exact) mass is 365 g/mol. The molecule has 2 heterocycles. The van der Waals surface area contributed by atoms with Crippen LogP contribution in [0.25, 0.3) is 0 Å². The zero-order valence-corrected chi connectivity index (χ0v) is 12.9. The van der Waals surface area contributed by atoms with E-state index in [9.17, 15) is 22.8 Å². The third-order valence-electron chi connectivity index (χ3n) is 3.33. The number of ether oxygens (including phenoxy) is 1. The Morgan fingerprint density at radius 2 is 1.88 bits per heavy atom. The van der Waals surface area contributed by atoms with Crippen molar-refractivity contribution in [1.29, 1.82) is 0 Å². The fourth-order valence-electron chi connectivity index (χ4n) is 2.06. The lowest BCUT2D eigenvalue weighted by Crippen LogP contribution is -2.18. The Kier molecular flexibility index (Phi) is 4.57. The first-order valence-electron chi connectivity index (χ1n) is 7.19. The van der Waals surface area contributed by atoms with E-state index in [4.69, 9.17) is 9.15 Å². The van der Waals surface area contributed by atoms with E-state index in [0.29, 0.717) is 0 Å². The summed E-state index contributed by atoms with van der Waals surface area (Å²) in [7, 11) is 0. The Labute approximate surface area is 143 Å². The Morgan fingerprint density at radius 1 is 1.15 bits per heavy atom. The van der Waals surface area contributed by atoms with Gasteiger partial charge in [0.2, 0.25) is 5.78 Å². The molecule has 3 aromatic rings. The molecule has 0 atom stereocenters. The minimum absolute atomic E-state index is 0.0863. The number of H-pyrrole nitrogens is 1. The number of nitrogens with one attached hydrogen (secondary N) is 1. The maximum atomic E-state index is 12.6. The van der Waals surface area contributed by atoms with Crippen LogP contribution >= 0.6 is 0 Å². The van der Waals surface area contributed by atoms with Crippen LogP contribution in [0.1, 0.15) is 21.7 Å². The molecule has 3 rings (SSSR count). The number of carbonyl (C=O) groups excluding carboxylic acids is 2. The molecule has 7 nitrogen and oxygen atoms in total. The molecule has 0 unspecified atom stereocenters. The van der Waals surface area contributed by atoms with Crippen LogP contribution in [0.5, 0.6) is 11.7 Å². The second kappa shape index (κ2) is 6.82. The second-order valence-corrected chi connectivity index (χ2v) is 5.12. The molecule has 0 aliphatic carbocycles. The largest absolute Gasteiger partial charge is 0.434 e. The number of alkyl halides is 3. The quantitative estimate of drug-likeness (QED) is 0.532. The average molecular weight is 365 g/mol. The Hall–Kier alpha value is -3.43. The van der Waals surface area contributed by atoms with Gasteiger partial charge in [-0.3, -0.25) is 14.7 Å². The van der Waals surface area contributed by atoms with Crippen molar-refractivity contribution >= 4 is 11.6 Å².